The van der Waals surface area contributed by atoms with Gasteiger partial charge in [0.1, 0.15) is 0 Å². The summed E-state index contributed by atoms with van der Waals surface area (Å²) in [6, 6.07) is 6.07. The van der Waals surface area contributed by atoms with Gasteiger partial charge in [-0.2, -0.15) is 11.8 Å². The minimum Gasteiger partial charge on any atom is -0.493 e. The van der Waals surface area contributed by atoms with Crippen molar-refractivity contribution in [1.29, 1.82) is 0 Å². The Bertz CT molecular complexity index is 371. The first-order valence-corrected chi connectivity index (χ1v) is 8.56. The van der Waals surface area contributed by atoms with Gasteiger partial charge in [0.2, 0.25) is 0 Å². The van der Waals surface area contributed by atoms with E-state index in [0.717, 1.165) is 49.8 Å². The Morgan fingerprint density at radius 1 is 1.25 bits per heavy atom. The topological polar surface area (TPSA) is 30.5 Å². The van der Waals surface area contributed by atoms with Gasteiger partial charge in [-0.15, -0.1) is 0 Å². The molecule has 0 radical (unpaired) electrons. The van der Waals surface area contributed by atoms with Crippen molar-refractivity contribution in [3.05, 3.63) is 23.8 Å². The fraction of sp³-hybridized carbons (Fsp3) is 0.625. The zero-order valence-corrected chi connectivity index (χ0v) is 13.7. The van der Waals surface area contributed by atoms with Gasteiger partial charge in [0.05, 0.1) is 13.7 Å². The lowest BCUT2D eigenvalue weighted by Gasteiger charge is -2.15. The predicted molar refractivity (Wildman–Crippen MR) is 88.1 cm³/mol. The van der Waals surface area contributed by atoms with E-state index in [1.807, 2.05) is 23.9 Å². The quantitative estimate of drug-likeness (QED) is 0.631. The van der Waals surface area contributed by atoms with Crippen molar-refractivity contribution in [3.8, 4) is 11.5 Å². The van der Waals surface area contributed by atoms with Gasteiger partial charge in [-0.1, -0.05) is 26.0 Å². The molecule has 3 nitrogen and oxygen atoms in total. The molecule has 0 bridgehead atoms. The molecule has 20 heavy (non-hydrogen) atoms. The minimum atomic E-state index is 0.744. The second-order valence-electron chi connectivity index (χ2n) is 4.52. The van der Waals surface area contributed by atoms with Crippen LogP contribution >= 0.6 is 11.8 Å². The van der Waals surface area contributed by atoms with Gasteiger partial charge >= 0.3 is 0 Å². The van der Waals surface area contributed by atoms with Gasteiger partial charge in [-0.25, -0.2) is 0 Å². The summed E-state index contributed by atoms with van der Waals surface area (Å²) in [5.74, 6) is 4.03. The summed E-state index contributed by atoms with van der Waals surface area (Å²) in [6.07, 6.45) is 2.20. The van der Waals surface area contributed by atoms with Gasteiger partial charge in [-0.05, 0) is 37.0 Å². The molecular formula is C16H27NO2S. The molecule has 0 amide bonds. The van der Waals surface area contributed by atoms with E-state index in [0.29, 0.717) is 0 Å². The van der Waals surface area contributed by atoms with Crippen LogP contribution in [0.15, 0.2) is 18.2 Å². The van der Waals surface area contributed by atoms with Crippen molar-refractivity contribution in [2.24, 2.45) is 0 Å². The smallest absolute Gasteiger partial charge is 0.165 e. The first kappa shape index (κ1) is 17.2. The Labute approximate surface area is 127 Å². The molecule has 0 aliphatic heterocycles. The van der Waals surface area contributed by atoms with Gasteiger partial charge in [0.15, 0.2) is 11.5 Å². The molecule has 0 saturated carbocycles. The van der Waals surface area contributed by atoms with Gasteiger partial charge in [0, 0.05) is 12.1 Å². The number of rotatable bonds is 11. The standard InChI is InChI=1S/C16H27NO2S/c1-4-10-17-13-14-8-6-9-15(18-3)16(14)19-11-7-12-20-5-2/h6,8-9,17H,4-5,7,10-13H2,1-3H3. The van der Waals surface area contributed by atoms with E-state index in [4.69, 9.17) is 9.47 Å². The van der Waals surface area contributed by atoms with Crippen LogP contribution in [0.3, 0.4) is 0 Å². The third kappa shape index (κ3) is 6.06. The molecule has 0 saturated heterocycles. The summed E-state index contributed by atoms with van der Waals surface area (Å²) in [5, 5.41) is 3.41. The van der Waals surface area contributed by atoms with E-state index in [2.05, 4.69) is 25.2 Å². The van der Waals surface area contributed by atoms with Crippen LogP contribution in [0.2, 0.25) is 0 Å². The van der Waals surface area contributed by atoms with E-state index >= 15 is 0 Å². The predicted octanol–water partition coefficient (Wildman–Crippen LogP) is 3.72. The molecule has 1 N–H and O–H groups in total. The highest BCUT2D eigenvalue weighted by Gasteiger charge is 2.10. The maximum absolute atomic E-state index is 5.96. The first-order valence-electron chi connectivity index (χ1n) is 7.40. The van der Waals surface area contributed by atoms with E-state index in [-0.39, 0.29) is 0 Å². The Morgan fingerprint density at radius 3 is 2.80 bits per heavy atom. The normalized spacial score (nSPS) is 10.6. The third-order valence-electron chi connectivity index (χ3n) is 2.91. The zero-order chi connectivity index (χ0) is 14.6. The fourth-order valence-corrected chi connectivity index (χ4v) is 2.52. The van der Waals surface area contributed by atoms with Crippen LogP contribution in [-0.4, -0.2) is 31.8 Å². The zero-order valence-electron chi connectivity index (χ0n) is 12.9. The molecule has 1 rings (SSSR count). The van der Waals surface area contributed by atoms with E-state index in [1.54, 1.807) is 7.11 Å². The number of nitrogens with one attached hydrogen (secondary N) is 1. The van der Waals surface area contributed by atoms with Crippen molar-refractivity contribution in [3.63, 3.8) is 0 Å². The lowest BCUT2D eigenvalue weighted by atomic mass is 10.2. The first-order chi connectivity index (χ1) is 9.83. The van der Waals surface area contributed by atoms with Crippen molar-refractivity contribution >= 4 is 11.8 Å². The second kappa shape index (κ2) is 10.9. The number of hydrogen-bond donors (Lipinski definition) is 1. The maximum atomic E-state index is 5.96. The number of hydrogen-bond acceptors (Lipinski definition) is 4. The van der Waals surface area contributed by atoms with Crippen molar-refractivity contribution in [1.82, 2.24) is 5.32 Å². The van der Waals surface area contributed by atoms with E-state index < -0.39 is 0 Å². The van der Waals surface area contributed by atoms with Gasteiger partial charge < -0.3 is 14.8 Å². The molecule has 4 heteroatoms. The molecule has 0 aliphatic carbocycles. The molecule has 1 aromatic rings. The highest BCUT2D eigenvalue weighted by Crippen LogP contribution is 2.31. The van der Waals surface area contributed by atoms with Crippen LogP contribution in [-0.2, 0) is 6.54 Å². The average Bonchev–Trinajstić information content (AvgIpc) is 2.48. The summed E-state index contributed by atoms with van der Waals surface area (Å²) in [6.45, 7) is 6.94. The monoisotopic (exact) mass is 297 g/mol. The molecule has 0 heterocycles. The van der Waals surface area contributed by atoms with Crippen molar-refractivity contribution in [2.75, 3.05) is 31.8 Å². The number of para-hydroxylation sites is 1. The van der Waals surface area contributed by atoms with Crippen molar-refractivity contribution in [2.45, 2.75) is 33.2 Å². The Morgan fingerprint density at radius 2 is 2.10 bits per heavy atom. The average molecular weight is 297 g/mol. The molecular weight excluding hydrogens is 270 g/mol. The lowest BCUT2D eigenvalue weighted by molar-refractivity contribution is 0.291. The fourth-order valence-electron chi connectivity index (χ4n) is 1.90. The Kier molecular flexibility index (Phi) is 9.33. The summed E-state index contributed by atoms with van der Waals surface area (Å²) < 4.78 is 11.4. The second-order valence-corrected chi connectivity index (χ2v) is 5.92. The maximum Gasteiger partial charge on any atom is 0.165 e. The van der Waals surface area contributed by atoms with Crippen LogP contribution in [0.4, 0.5) is 0 Å². The van der Waals surface area contributed by atoms with Crippen LogP contribution in [0.25, 0.3) is 0 Å². The summed E-state index contributed by atoms with van der Waals surface area (Å²) in [4.78, 5) is 0. The minimum absolute atomic E-state index is 0.744. The number of benzene rings is 1. The number of ether oxygens (including phenoxy) is 2. The Hall–Kier alpha value is -0.870. The summed E-state index contributed by atoms with van der Waals surface area (Å²) in [7, 11) is 1.69. The SMILES string of the molecule is CCCNCc1cccc(OC)c1OCCCSCC. The van der Waals surface area contributed by atoms with Crippen LogP contribution in [0.5, 0.6) is 11.5 Å². The number of thioether (sulfide) groups is 1. The molecule has 1 aromatic carbocycles. The molecule has 114 valence electrons. The van der Waals surface area contributed by atoms with Gasteiger partial charge in [0.25, 0.3) is 0 Å². The molecule has 0 fully saturated rings. The van der Waals surface area contributed by atoms with E-state index in [9.17, 15) is 0 Å². The molecule has 0 spiro atoms. The van der Waals surface area contributed by atoms with E-state index in [1.165, 1.54) is 11.3 Å². The largest absolute Gasteiger partial charge is 0.493 e. The summed E-state index contributed by atoms with van der Waals surface area (Å²) in [5.41, 5.74) is 1.17. The molecule has 0 unspecified atom stereocenters. The molecule has 0 aliphatic rings. The third-order valence-corrected chi connectivity index (χ3v) is 3.89. The van der Waals surface area contributed by atoms with Gasteiger partial charge in [-0.3, -0.25) is 0 Å². The van der Waals surface area contributed by atoms with Crippen molar-refractivity contribution < 1.29 is 9.47 Å². The highest BCUT2D eigenvalue weighted by molar-refractivity contribution is 7.99. The van der Waals surface area contributed by atoms with Crippen LogP contribution in [0, 0.1) is 0 Å². The molecule has 0 aromatic heterocycles. The van der Waals surface area contributed by atoms with Crippen LogP contribution < -0.4 is 14.8 Å². The van der Waals surface area contributed by atoms with Crippen LogP contribution in [0.1, 0.15) is 32.3 Å². The lowest BCUT2D eigenvalue weighted by Crippen LogP contribution is -2.15. The summed E-state index contributed by atoms with van der Waals surface area (Å²) >= 11 is 1.95. The highest BCUT2D eigenvalue weighted by atomic mass is 32.2. The number of methoxy groups -OCH3 is 1. The molecule has 0 atom stereocenters. The Balaban J connectivity index is 2.59.